The molecular weight excluding hydrogens is 116 g/mol. The summed E-state index contributed by atoms with van der Waals surface area (Å²) in [6.07, 6.45) is 1.85. The SMILES string of the molecule is C=C(O)C1CCOCC1. The van der Waals surface area contributed by atoms with Gasteiger partial charge in [-0.2, -0.15) is 0 Å². The number of aliphatic hydroxyl groups is 1. The first-order chi connectivity index (χ1) is 4.30. The van der Waals surface area contributed by atoms with Crippen LogP contribution in [-0.4, -0.2) is 18.3 Å². The molecule has 1 aliphatic heterocycles. The summed E-state index contributed by atoms with van der Waals surface area (Å²) in [6.45, 7) is 5.01. The molecule has 1 fully saturated rings. The lowest BCUT2D eigenvalue weighted by molar-refractivity contribution is 0.0645. The van der Waals surface area contributed by atoms with Gasteiger partial charge in [0.15, 0.2) is 0 Å². The molecule has 0 atom stereocenters. The van der Waals surface area contributed by atoms with Gasteiger partial charge >= 0.3 is 0 Å². The van der Waals surface area contributed by atoms with Crippen LogP contribution >= 0.6 is 0 Å². The highest BCUT2D eigenvalue weighted by atomic mass is 16.5. The van der Waals surface area contributed by atoms with E-state index in [4.69, 9.17) is 9.84 Å². The molecule has 1 aliphatic rings. The summed E-state index contributed by atoms with van der Waals surface area (Å²) in [4.78, 5) is 0. The van der Waals surface area contributed by atoms with Crippen LogP contribution < -0.4 is 0 Å². The van der Waals surface area contributed by atoms with E-state index in [2.05, 4.69) is 6.58 Å². The first-order valence-corrected chi connectivity index (χ1v) is 3.26. The summed E-state index contributed by atoms with van der Waals surface area (Å²) in [6, 6.07) is 0. The number of hydrogen-bond donors (Lipinski definition) is 1. The molecule has 0 radical (unpaired) electrons. The molecule has 1 rings (SSSR count). The second kappa shape index (κ2) is 2.87. The first-order valence-electron chi connectivity index (χ1n) is 3.26. The Hall–Kier alpha value is -0.500. The van der Waals surface area contributed by atoms with Crippen molar-refractivity contribution in [2.45, 2.75) is 12.8 Å². The van der Waals surface area contributed by atoms with E-state index >= 15 is 0 Å². The Morgan fingerprint density at radius 2 is 2.00 bits per heavy atom. The number of ether oxygens (including phenoxy) is 1. The third-order valence-corrected chi connectivity index (χ3v) is 1.69. The molecule has 0 saturated carbocycles. The molecule has 0 spiro atoms. The van der Waals surface area contributed by atoms with E-state index in [9.17, 15) is 0 Å². The van der Waals surface area contributed by atoms with Gasteiger partial charge in [0.25, 0.3) is 0 Å². The topological polar surface area (TPSA) is 29.5 Å². The Morgan fingerprint density at radius 3 is 2.33 bits per heavy atom. The van der Waals surface area contributed by atoms with Crippen molar-refractivity contribution >= 4 is 0 Å². The van der Waals surface area contributed by atoms with Gasteiger partial charge in [-0.05, 0) is 12.8 Å². The molecule has 0 aromatic heterocycles. The second-order valence-corrected chi connectivity index (χ2v) is 2.38. The maximum absolute atomic E-state index is 8.93. The zero-order valence-electron chi connectivity index (χ0n) is 5.47. The molecule has 0 bridgehead atoms. The molecule has 0 aromatic carbocycles. The maximum Gasteiger partial charge on any atom is 0.0883 e. The zero-order chi connectivity index (χ0) is 6.69. The monoisotopic (exact) mass is 128 g/mol. The normalized spacial score (nSPS) is 21.8. The van der Waals surface area contributed by atoms with Crippen molar-refractivity contribution in [2.75, 3.05) is 13.2 Å². The molecule has 2 nitrogen and oxygen atoms in total. The smallest absolute Gasteiger partial charge is 0.0883 e. The maximum atomic E-state index is 8.93. The lowest BCUT2D eigenvalue weighted by Gasteiger charge is -2.20. The Balaban J connectivity index is 2.31. The minimum atomic E-state index is 0.291. The van der Waals surface area contributed by atoms with E-state index < -0.39 is 0 Å². The van der Waals surface area contributed by atoms with Gasteiger partial charge < -0.3 is 9.84 Å². The highest BCUT2D eigenvalue weighted by Crippen LogP contribution is 2.19. The average Bonchev–Trinajstić information content (AvgIpc) is 1.90. The van der Waals surface area contributed by atoms with Crippen molar-refractivity contribution in [1.82, 2.24) is 0 Å². The van der Waals surface area contributed by atoms with Crippen LogP contribution in [-0.2, 0) is 4.74 Å². The first kappa shape index (κ1) is 6.62. The predicted molar refractivity (Wildman–Crippen MR) is 35.3 cm³/mol. The fraction of sp³-hybridized carbons (Fsp3) is 0.714. The number of rotatable bonds is 1. The summed E-state index contributed by atoms with van der Waals surface area (Å²) in [5.41, 5.74) is 0. The van der Waals surface area contributed by atoms with Gasteiger partial charge in [0.2, 0.25) is 0 Å². The lowest BCUT2D eigenvalue weighted by Crippen LogP contribution is -2.16. The zero-order valence-corrected chi connectivity index (χ0v) is 5.47. The molecule has 0 aromatic rings. The quantitative estimate of drug-likeness (QED) is 0.542. The molecule has 52 valence electrons. The third-order valence-electron chi connectivity index (χ3n) is 1.69. The summed E-state index contributed by atoms with van der Waals surface area (Å²) in [5, 5.41) is 8.93. The standard InChI is InChI=1S/C7H12O2/c1-6(8)7-2-4-9-5-3-7/h7-8H,1-5H2. The molecule has 0 aliphatic carbocycles. The fourth-order valence-electron chi connectivity index (χ4n) is 1.03. The largest absolute Gasteiger partial charge is 0.513 e. The van der Waals surface area contributed by atoms with E-state index in [1.165, 1.54) is 0 Å². The number of allylic oxidation sites excluding steroid dienone is 1. The van der Waals surface area contributed by atoms with Gasteiger partial charge in [0.05, 0.1) is 5.76 Å². The molecule has 1 N–H and O–H groups in total. The van der Waals surface area contributed by atoms with Crippen LogP contribution in [0.5, 0.6) is 0 Å². The van der Waals surface area contributed by atoms with Gasteiger partial charge in [-0.25, -0.2) is 0 Å². The van der Waals surface area contributed by atoms with E-state index in [0.29, 0.717) is 11.7 Å². The van der Waals surface area contributed by atoms with Gasteiger partial charge in [0.1, 0.15) is 0 Å². The van der Waals surface area contributed by atoms with Crippen LogP contribution in [0, 0.1) is 5.92 Å². The van der Waals surface area contributed by atoms with Crippen LogP contribution in [0.4, 0.5) is 0 Å². The molecule has 1 heterocycles. The molecular formula is C7H12O2. The van der Waals surface area contributed by atoms with Crippen LogP contribution in [0.1, 0.15) is 12.8 Å². The van der Waals surface area contributed by atoms with Crippen molar-refractivity contribution in [3.63, 3.8) is 0 Å². The van der Waals surface area contributed by atoms with Crippen molar-refractivity contribution in [1.29, 1.82) is 0 Å². The fourth-order valence-corrected chi connectivity index (χ4v) is 1.03. The Labute approximate surface area is 55.1 Å². The van der Waals surface area contributed by atoms with Crippen molar-refractivity contribution < 1.29 is 9.84 Å². The van der Waals surface area contributed by atoms with E-state index in [-0.39, 0.29) is 0 Å². The van der Waals surface area contributed by atoms with Crippen molar-refractivity contribution in [3.05, 3.63) is 12.3 Å². The minimum absolute atomic E-state index is 0.291. The number of aliphatic hydroxyl groups excluding tert-OH is 1. The van der Waals surface area contributed by atoms with Gasteiger partial charge in [-0.3, -0.25) is 0 Å². The van der Waals surface area contributed by atoms with Gasteiger partial charge in [0, 0.05) is 19.1 Å². The predicted octanol–water partition coefficient (Wildman–Crippen LogP) is 1.48. The van der Waals surface area contributed by atoms with Crippen molar-refractivity contribution in [3.8, 4) is 0 Å². The molecule has 2 heteroatoms. The van der Waals surface area contributed by atoms with Crippen LogP contribution in [0.25, 0.3) is 0 Å². The molecule has 0 amide bonds. The molecule has 9 heavy (non-hydrogen) atoms. The molecule has 1 saturated heterocycles. The Bertz CT molecular complexity index is 103. The van der Waals surface area contributed by atoms with E-state index in [1.807, 2.05) is 0 Å². The van der Waals surface area contributed by atoms with Gasteiger partial charge in [-0.15, -0.1) is 0 Å². The van der Waals surface area contributed by atoms with Crippen LogP contribution in [0.3, 0.4) is 0 Å². The Kier molecular flexibility index (Phi) is 2.11. The molecule has 0 unspecified atom stereocenters. The third kappa shape index (κ3) is 1.72. The van der Waals surface area contributed by atoms with Gasteiger partial charge in [-0.1, -0.05) is 6.58 Å². The minimum Gasteiger partial charge on any atom is -0.513 e. The Morgan fingerprint density at radius 1 is 1.44 bits per heavy atom. The summed E-state index contributed by atoms with van der Waals surface area (Å²) in [5.74, 6) is 0.608. The highest BCUT2D eigenvalue weighted by Gasteiger charge is 2.15. The highest BCUT2D eigenvalue weighted by molar-refractivity contribution is 4.89. The van der Waals surface area contributed by atoms with E-state index in [0.717, 1.165) is 26.1 Å². The van der Waals surface area contributed by atoms with E-state index in [1.54, 1.807) is 0 Å². The van der Waals surface area contributed by atoms with Crippen LogP contribution in [0.2, 0.25) is 0 Å². The van der Waals surface area contributed by atoms with Crippen molar-refractivity contribution in [2.24, 2.45) is 5.92 Å². The number of hydrogen-bond acceptors (Lipinski definition) is 2. The summed E-state index contributed by atoms with van der Waals surface area (Å²) < 4.78 is 5.10. The average molecular weight is 128 g/mol. The lowest BCUT2D eigenvalue weighted by atomic mass is 9.99. The van der Waals surface area contributed by atoms with Crippen LogP contribution in [0.15, 0.2) is 12.3 Å². The summed E-state index contributed by atoms with van der Waals surface area (Å²) >= 11 is 0. The summed E-state index contributed by atoms with van der Waals surface area (Å²) in [7, 11) is 0. The second-order valence-electron chi connectivity index (χ2n) is 2.38.